The molecule has 1 saturated heterocycles. The van der Waals surface area contributed by atoms with Gasteiger partial charge < -0.3 is 9.84 Å². The third-order valence-corrected chi connectivity index (χ3v) is 5.16. The van der Waals surface area contributed by atoms with Gasteiger partial charge in [0.15, 0.2) is 0 Å². The SMILES string of the molecule is COc1ccc(C(c2ccccc2C)N2CCC(C(=O)O)CC2)cc1. The van der Waals surface area contributed by atoms with E-state index in [-0.39, 0.29) is 12.0 Å². The van der Waals surface area contributed by atoms with E-state index in [1.807, 2.05) is 12.1 Å². The van der Waals surface area contributed by atoms with E-state index in [1.165, 1.54) is 16.7 Å². The van der Waals surface area contributed by atoms with Gasteiger partial charge in [-0.3, -0.25) is 9.69 Å². The normalized spacial score (nSPS) is 17.2. The fraction of sp³-hybridized carbons (Fsp3) is 0.381. The molecule has 1 heterocycles. The van der Waals surface area contributed by atoms with Crippen molar-refractivity contribution in [3.8, 4) is 5.75 Å². The van der Waals surface area contributed by atoms with Crippen molar-refractivity contribution in [2.75, 3.05) is 20.2 Å². The fourth-order valence-corrected chi connectivity index (χ4v) is 3.67. The summed E-state index contributed by atoms with van der Waals surface area (Å²) in [5.74, 6) is -0.0435. The maximum absolute atomic E-state index is 11.3. The lowest BCUT2D eigenvalue weighted by atomic mass is 9.89. The number of methoxy groups -OCH3 is 1. The number of piperidine rings is 1. The lowest BCUT2D eigenvalue weighted by Gasteiger charge is -2.37. The maximum Gasteiger partial charge on any atom is 0.306 e. The van der Waals surface area contributed by atoms with Gasteiger partial charge >= 0.3 is 5.97 Å². The van der Waals surface area contributed by atoms with Crippen molar-refractivity contribution >= 4 is 5.97 Å². The third-order valence-electron chi connectivity index (χ3n) is 5.16. The number of carbonyl (C=O) groups is 1. The van der Waals surface area contributed by atoms with Crippen LogP contribution in [0.2, 0.25) is 0 Å². The lowest BCUT2D eigenvalue weighted by molar-refractivity contribution is -0.143. The summed E-state index contributed by atoms with van der Waals surface area (Å²) in [5, 5.41) is 9.27. The Kier molecular flexibility index (Phi) is 5.39. The largest absolute Gasteiger partial charge is 0.497 e. The van der Waals surface area contributed by atoms with Crippen molar-refractivity contribution < 1.29 is 14.6 Å². The van der Waals surface area contributed by atoms with Gasteiger partial charge in [-0.15, -0.1) is 0 Å². The summed E-state index contributed by atoms with van der Waals surface area (Å²) in [4.78, 5) is 13.7. The van der Waals surface area contributed by atoms with Gasteiger partial charge in [0.25, 0.3) is 0 Å². The van der Waals surface area contributed by atoms with Gasteiger partial charge in [0.2, 0.25) is 0 Å². The van der Waals surface area contributed by atoms with Crippen molar-refractivity contribution in [2.45, 2.75) is 25.8 Å². The zero-order chi connectivity index (χ0) is 17.8. The number of ether oxygens (including phenoxy) is 1. The second-order valence-corrected chi connectivity index (χ2v) is 6.68. The first-order valence-corrected chi connectivity index (χ1v) is 8.76. The van der Waals surface area contributed by atoms with E-state index in [1.54, 1.807) is 7.11 Å². The molecule has 2 aromatic rings. The highest BCUT2D eigenvalue weighted by Gasteiger charge is 2.30. The Hall–Kier alpha value is -2.33. The molecule has 1 N–H and O–H groups in total. The Bertz CT molecular complexity index is 718. The minimum atomic E-state index is -0.670. The quantitative estimate of drug-likeness (QED) is 0.898. The van der Waals surface area contributed by atoms with Crippen LogP contribution in [0.3, 0.4) is 0 Å². The predicted octanol–water partition coefficient (Wildman–Crippen LogP) is 3.89. The smallest absolute Gasteiger partial charge is 0.306 e. The van der Waals surface area contributed by atoms with E-state index in [4.69, 9.17) is 4.74 Å². The summed E-state index contributed by atoms with van der Waals surface area (Å²) in [6, 6.07) is 16.8. The van der Waals surface area contributed by atoms with Crippen molar-refractivity contribution in [1.29, 1.82) is 0 Å². The van der Waals surface area contributed by atoms with E-state index in [0.717, 1.165) is 18.8 Å². The Morgan fingerprint density at radius 1 is 1.12 bits per heavy atom. The van der Waals surface area contributed by atoms with Crippen LogP contribution in [0.15, 0.2) is 48.5 Å². The second-order valence-electron chi connectivity index (χ2n) is 6.68. The summed E-state index contributed by atoms with van der Waals surface area (Å²) >= 11 is 0. The van der Waals surface area contributed by atoms with Gasteiger partial charge in [-0.1, -0.05) is 36.4 Å². The van der Waals surface area contributed by atoms with Crippen LogP contribution < -0.4 is 4.74 Å². The molecule has 0 spiro atoms. The van der Waals surface area contributed by atoms with Crippen LogP contribution in [-0.2, 0) is 4.79 Å². The zero-order valence-corrected chi connectivity index (χ0v) is 14.8. The zero-order valence-electron chi connectivity index (χ0n) is 14.8. The summed E-state index contributed by atoms with van der Waals surface area (Å²) in [6.07, 6.45) is 1.40. The minimum absolute atomic E-state index is 0.141. The second kappa shape index (κ2) is 7.70. The molecule has 4 heteroatoms. The molecular formula is C21H25NO3. The Morgan fingerprint density at radius 2 is 1.76 bits per heavy atom. The molecule has 0 saturated carbocycles. The van der Waals surface area contributed by atoms with Gasteiger partial charge in [0.1, 0.15) is 5.75 Å². The molecule has 1 unspecified atom stereocenters. The molecular weight excluding hydrogens is 314 g/mol. The highest BCUT2D eigenvalue weighted by Crippen LogP contribution is 2.34. The molecule has 0 aromatic heterocycles. The first-order valence-electron chi connectivity index (χ1n) is 8.76. The van der Waals surface area contributed by atoms with E-state index in [9.17, 15) is 9.90 Å². The Balaban J connectivity index is 1.92. The molecule has 1 atom stereocenters. The lowest BCUT2D eigenvalue weighted by Crippen LogP contribution is -2.39. The maximum atomic E-state index is 11.3. The number of carboxylic acid groups (broad SMARTS) is 1. The van der Waals surface area contributed by atoms with Crippen molar-refractivity contribution in [2.24, 2.45) is 5.92 Å². The number of benzene rings is 2. The van der Waals surface area contributed by atoms with E-state index in [0.29, 0.717) is 12.8 Å². The number of hydrogen-bond acceptors (Lipinski definition) is 3. The van der Waals surface area contributed by atoms with Gasteiger partial charge in [-0.05, 0) is 61.7 Å². The van der Waals surface area contributed by atoms with Crippen LogP contribution >= 0.6 is 0 Å². The van der Waals surface area contributed by atoms with Crippen LogP contribution in [0.25, 0.3) is 0 Å². The first kappa shape index (κ1) is 17.5. The van der Waals surface area contributed by atoms with Crippen LogP contribution in [0, 0.1) is 12.8 Å². The van der Waals surface area contributed by atoms with Gasteiger partial charge in [-0.25, -0.2) is 0 Å². The van der Waals surface area contributed by atoms with Crippen molar-refractivity contribution in [1.82, 2.24) is 4.90 Å². The summed E-state index contributed by atoms with van der Waals surface area (Å²) in [7, 11) is 1.67. The number of likely N-dealkylation sites (tertiary alicyclic amines) is 1. The van der Waals surface area contributed by atoms with Crippen molar-refractivity contribution in [3.63, 3.8) is 0 Å². The Morgan fingerprint density at radius 3 is 2.32 bits per heavy atom. The predicted molar refractivity (Wildman–Crippen MR) is 97.9 cm³/mol. The van der Waals surface area contributed by atoms with Gasteiger partial charge in [0, 0.05) is 0 Å². The highest BCUT2D eigenvalue weighted by atomic mass is 16.5. The molecule has 2 aromatic carbocycles. The number of hydrogen-bond donors (Lipinski definition) is 1. The summed E-state index contributed by atoms with van der Waals surface area (Å²) in [6.45, 7) is 3.72. The number of rotatable bonds is 5. The number of aliphatic carboxylic acids is 1. The minimum Gasteiger partial charge on any atom is -0.497 e. The van der Waals surface area contributed by atoms with Crippen LogP contribution in [0.4, 0.5) is 0 Å². The summed E-state index contributed by atoms with van der Waals surface area (Å²) < 4.78 is 5.29. The molecule has 25 heavy (non-hydrogen) atoms. The molecule has 3 rings (SSSR count). The third kappa shape index (κ3) is 3.85. The molecule has 0 aliphatic carbocycles. The number of carboxylic acids is 1. The summed E-state index contributed by atoms with van der Waals surface area (Å²) in [5.41, 5.74) is 3.74. The molecule has 1 aliphatic rings. The molecule has 1 aliphatic heterocycles. The molecule has 4 nitrogen and oxygen atoms in total. The molecule has 0 radical (unpaired) electrons. The number of nitrogens with zero attached hydrogens (tertiary/aromatic N) is 1. The highest BCUT2D eigenvalue weighted by molar-refractivity contribution is 5.70. The fourth-order valence-electron chi connectivity index (χ4n) is 3.67. The van der Waals surface area contributed by atoms with E-state index >= 15 is 0 Å². The van der Waals surface area contributed by atoms with Gasteiger partial charge in [0.05, 0.1) is 19.1 Å². The van der Waals surface area contributed by atoms with E-state index in [2.05, 4.69) is 48.2 Å². The average molecular weight is 339 g/mol. The van der Waals surface area contributed by atoms with Crippen LogP contribution in [0.1, 0.15) is 35.6 Å². The molecule has 132 valence electrons. The van der Waals surface area contributed by atoms with Crippen LogP contribution in [0.5, 0.6) is 5.75 Å². The van der Waals surface area contributed by atoms with E-state index < -0.39 is 5.97 Å². The average Bonchev–Trinajstić information content (AvgIpc) is 2.64. The first-order chi connectivity index (χ1) is 12.1. The molecule has 0 bridgehead atoms. The van der Waals surface area contributed by atoms with Crippen LogP contribution in [-0.4, -0.2) is 36.2 Å². The topological polar surface area (TPSA) is 49.8 Å². The number of aryl methyl sites for hydroxylation is 1. The van der Waals surface area contributed by atoms with Gasteiger partial charge in [-0.2, -0.15) is 0 Å². The Labute approximate surface area is 149 Å². The molecule has 1 fully saturated rings. The monoisotopic (exact) mass is 339 g/mol. The van der Waals surface area contributed by atoms with Crippen molar-refractivity contribution in [3.05, 3.63) is 65.2 Å². The standard InChI is InChI=1S/C21H25NO3/c1-15-5-3-4-6-19(15)20(16-7-9-18(25-2)10-8-16)22-13-11-17(12-14-22)21(23)24/h3-10,17,20H,11-14H2,1-2H3,(H,23,24). The molecule has 0 amide bonds.